The summed E-state index contributed by atoms with van der Waals surface area (Å²) in [6.07, 6.45) is 0. The largest absolute Gasteiger partial charge is 0.337 e. The van der Waals surface area contributed by atoms with Gasteiger partial charge in [0, 0.05) is 18.1 Å². The topological polar surface area (TPSA) is 20.3 Å². The Morgan fingerprint density at radius 3 is 2.52 bits per heavy atom. The highest BCUT2D eigenvalue weighted by atomic mass is 79.9. The van der Waals surface area contributed by atoms with Crippen LogP contribution in [0, 0.1) is 5.82 Å². The van der Waals surface area contributed by atoms with Gasteiger partial charge in [-0.2, -0.15) is 0 Å². The summed E-state index contributed by atoms with van der Waals surface area (Å²) in [6.45, 7) is 0.430. The molecule has 23 heavy (non-hydrogen) atoms. The van der Waals surface area contributed by atoms with Crippen LogP contribution in [0.1, 0.15) is 15.9 Å². The Balaban J connectivity index is 1.81. The molecule has 3 aromatic carbocycles. The van der Waals surface area contributed by atoms with Gasteiger partial charge in [-0.1, -0.05) is 52.3 Å². The van der Waals surface area contributed by atoms with Gasteiger partial charge in [0.15, 0.2) is 0 Å². The van der Waals surface area contributed by atoms with Gasteiger partial charge in [0.05, 0.1) is 5.56 Å². The van der Waals surface area contributed by atoms with Gasteiger partial charge in [-0.25, -0.2) is 4.39 Å². The van der Waals surface area contributed by atoms with Crippen LogP contribution in [-0.4, -0.2) is 17.9 Å². The molecule has 0 aliphatic carbocycles. The fraction of sp³-hybridized carbons (Fsp3) is 0.105. The van der Waals surface area contributed by atoms with Crippen molar-refractivity contribution >= 4 is 32.6 Å². The number of carbonyl (C=O) groups excluding carboxylic acids is 1. The summed E-state index contributed by atoms with van der Waals surface area (Å²) in [5, 5.41) is 2.28. The van der Waals surface area contributed by atoms with Gasteiger partial charge in [0.25, 0.3) is 5.91 Å². The van der Waals surface area contributed by atoms with E-state index in [4.69, 9.17) is 0 Å². The molecule has 0 radical (unpaired) electrons. The van der Waals surface area contributed by atoms with Crippen LogP contribution < -0.4 is 0 Å². The minimum Gasteiger partial charge on any atom is -0.337 e. The number of halogens is 2. The minimum absolute atomic E-state index is 0.0801. The van der Waals surface area contributed by atoms with Crippen molar-refractivity contribution < 1.29 is 9.18 Å². The number of nitrogens with zero attached hydrogens (tertiary/aromatic N) is 1. The monoisotopic (exact) mass is 371 g/mol. The molecule has 0 unspecified atom stereocenters. The lowest BCUT2D eigenvalue weighted by atomic mass is 10.1. The van der Waals surface area contributed by atoms with E-state index >= 15 is 0 Å². The zero-order valence-corrected chi connectivity index (χ0v) is 14.2. The number of hydrogen-bond donors (Lipinski definition) is 0. The van der Waals surface area contributed by atoms with Gasteiger partial charge < -0.3 is 4.90 Å². The van der Waals surface area contributed by atoms with Gasteiger partial charge in [0.2, 0.25) is 0 Å². The molecule has 0 heterocycles. The molecule has 0 aromatic heterocycles. The predicted molar refractivity (Wildman–Crippen MR) is 93.8 cm³/mol. The van der Waals surface area contributed by atoms with Gasteiger partial charge in [0.1, 0.15) is 5.82 Å². The average Bonchev–Trinajstić information content (AvgIpc) is 2.54. The maximum Gasteiger partial charge on any atom is 0.256 e. The highest BCUT2D eigenvalue weighted by Gasteiger charge is 2.16. The van der Waals surface area contributed by atoms with E-state index in [0.29, 0.717) is 11.0 Å². The first-order chi connectivity index (χ1) is 11.0. The molecular weight excluding hydrogens is 357 g/mol. The average molecular weight is 372 g/mol. The molecule has 0 saturated carbocycles. The molecule has 0 atom stereocenters. The van der Waals surface area contributed by atoms with Crippen LogP contribution in [0.25, 0.3) is 10.8 Å². The summed E-state index contributed by atoms with van der Waals surface area (Å²) < 4.78 is 14.5. The number of fused-ring (bicyclic) bond motifs is 1. The molecule has 1 amide bonds. The molecule has 0 spiro atoms. The van der Waals surface area contributed by atoms with Gasteiger partial charge in [-0.3, -0.25) is 4.79 Å². The lowest BCUT2D eigenvalue weighted by Gasteiger charge is -2.18. The van der Waals surface area contributed by atoms with Crippen molar-refractivity contribution in [3.8, 4) is 0 Å². The number of hydrogen-bond acceptors (Lipinski definition) is 1. The van der Waals surface area contributed by atoms with E-state index in [1.54, 1.807) is 13.1 Å². The third kappa shape index (κ3) is 3.42. The van der Waals surface area contributed by atoms with Gasteiger partial charge in [-0.05, 0) is 40.6 Å². The standard InChI is InChI=1S/C19H15BrFNO/c1-22(19(23)17-9-8-16(20)11-18(17)21)12-13-6-7-14-4-2-3-5-15(14)10-13/h2-11H,12H2,1H3. The summed E-state index contributed by atoms with van der Waals surface area (Å²) in [6, 6.07) is 18.6. The summed E-state index contributed by atoms with van der Waals surface area (Å²) in [7, 11) is 1.68. The van der Waals surface area contributed by atoms with Crippen molar-refractivity contribution in [3.05, 3.63) is 82.1 Å². The van der Waals surface area contributed by atoms with E-state index in [-0.39, 0.29) is 11.5 Å². The van der Waals surface area contributed by atoms with Crippen LogP contribution in [0.5, 0.6) is 0 Å². The molecule has 0 bridgehead atoms. The maximum atomic E-state index is 13.9. The van der Waals surface area contributed by atoms with Crippen LogP contribution >= 0.6 is 15.9 Å². The molecule has 0 saturated heterocycles. The van der Waals surface area contributed by atoms with E-state index in [0.717, 1.165) is 16.3 Å². The second-order valence-corrected chi connectivity index (χ2v) is 6.38. The molecular formula is C19H15BrFNO. The first-order valence-electron chi connectivity index (χ1n) is 7.23. The van der Waals surface area contributed by atoms with Crippen molar-refractivity contribution in [1.82, 2.24) is 4.90 Å². The van der Waals surface area contributed by atoms with Gasteiger partial charge in [-0.15, -0.1) is 0 Å². The molecule has 0 aliphatic rings. The Bertz CT molecular complexity index is 878. The third-order valence-corrected chi connectivity index (χ3v) is 4.24. The number of rotatable bonds is 3. The zero-order chi connectivity index (χ0) is 16.4. The third-order valence-electron chi connectivity index (χ3n) is 3.74. The molecule has 2 nitrogen and oxygen atoms in total. The molecule has 116 valence electrons. The maximum absolute atomic E-state index is 13.9. The Labute approximate surface area is 142 Å². The van der Waals surface area contributed by atoms with E-state index in [1.165, 1.54) is 17.0 Å². The van der Waals surface area contributed by atoms with Crippen LogP contribution in [0.2, 0.25) is 0 Å². The van der Waals surface area contributed by atoms with Crippen molar-refractivity contribution in [2.45, 2.75) is 6.54 Å². The second kappa shape index (κ2) is 6.50. The van der Waals surface area contributed by atoms with Crippen molar-refractivity contribution in [1.29, 1.82) is 0 Å². The van der Waals surface area contributed by atoms with Crippen LogP contribution in [0.4, 0.5) is 4.39 Å². The van der Waals surface area contributed by atoms with Crippen LogP contribution in [0.3, 0.4) is 0 Å². The first kappa shape index (κ1) is 15.7. The molecule has 0 aliphatic heterocycles. The van der Waals surface area contributed by atoms with Crippen LogP contribution in [-0.2, 0) is 6.54 Å². The van der Waals surface area contributed by atoms with E-state index < -0.39 is 5.82 Å². The number of carbonyl (C=O) groups is 1. The van der Waals surface area contributed by atoms with E-state index in [1.807, 2.05) is 36.4 Å². The second-order valence-electron chi connectivity index (χ2n) is 5.47. The quantitative estimate of drug-likeness (QED) is 0.633. The molecule has 0 N–H and O–H groups in total. The SMILES string of the molecule is CN(Cc1ccc2ccccc2c1)C(=O)c1ccc(Br)cc1F. The lowest BCUT2D eigenvalue weighted by molar-refractivity contribution is 0.0780. The van der Waals surface area contributed by atoms with Crippen molar-refractivity contribution in [3.63, 3.8) is 0 Å². The Morgan fingerprint density at radius 1 is 1.04 bits per heavy atom. The smallest absolute Gasteiger partial charge is 0.256 e. The van der Waals surface area contributed by atoms with Crippen molar-refractivity contribution in [2.24, 2.45) is 0 Å². The Hall–Kier alpha value is -2.20. The highest BCUT2D eigenvalue weighted by molar-refractivity contribution is 9.10. The summed E-state index contributed by atoms with van der Waals surface area (Å²) in [5.41, 5.74) is 1.09. The number of benzene rings is 3. The lowest BCUT2D eigenvalue weighted by Crippen LogP contribution is -2.27. The van der Waals surface area contributed by atoms with Crippen LogP contribution in [0.15, 0.2) is 65.1 Å². The zero-order valence-electron chi connectivity index (χ0n) is 12.6. The minimum atomic E-state index is -0.519. The fourth-order valence-corrected chi connectivity index (χ4v) is 2.88. The van der Waals surface area contributed by atoms with E-state index in [2.05, 4.69) is 22.0 Å². The number of amides is 1. The van der Waals surface area contributed by atoms with Gasteiger partial charge >= 0.3 is 0 Å². The summed E-state index contributed by atoms with van der Waals surface area (Å²) >= 11 is 3.19. The fourth-order valence-electron chi connectivity index (χ4n) is 2.55. The Kier molecular flexibility index (Phi) is 4.44. The molecule has 3 rings (SSSR count). The summed E-state index contributed by atoms with van der Waals surface area (Å²) in [4.78, 5) is 13.9. The summed E-state index contributed by atoms with van der Waals surface area (Å²) in [5.74, 6) is -0.849. The normalized spacial score (nSPS) is 10.7. The Morgan fingerprint density at radius 2 is 1.78 bits per heavy atom. The van der Waals surface area contributed by atoms with Crippen molar-refractivity contribution in [2.75, 3.05) is 7.05 Å². The van der Waals surface area contributed by atoms with E-state index in [9.17, 15) is 9.18 Å². The highest BCUT2D eigenvalue weighted by Crippen LogP contribution is 2.19. The first-order valence-corrected chi connectivity index (χ1v) is 8.02. The predicted octanol–water partition coefficient (Wildman–Crippen LogP) is 5.01. The molecule has 0 fully saturated rings. The molecule has 4 heteroatoms. The molecule has 3 aromatic rings.